The van der Waals surface area contributed by atoms with Crippen LogP contribution in [-0.2, 0) is 14.8 Å². The maximum Gasteiger partial charge on any atom is 0.232 e. The second kappa shape index (κ2) is 8.14. The molecule has 0 radical (unpaired) electrons. The number of carbonyl (C=O) groups excluding carboxylic acids is 2. The van der Waals surface area contributed by atoms with Crippen molar-refractivity contribution in [2.24, 2.45) is 0 Å². The van der Waals surface area contributed by atoms with Crippen LogP contribution in [0, 0.1) is 6.92 Å². The molecule has 0 atom stereocenters. The van der Waals surface area contributed by atoms with Gasteiger partial charge in [0.1, 0.15) is 0 Å². The van der Waals surface area contributed by atoms with Gasteiger partial charge in [0.25, 0.3) is 0 Å². The van der Waals surface area contributed by atoms with E-state index in [0.717, 1.165) is 11.8 Å². The van der Waals surface area contributed by atoms with Crippen LogP contribution in [0.2, 0.25) is 0 Å². The Morgan fingerprint density at radius 2 is 1.65 bits per heavy atom. The molecular formula is C19H22N2O4S. The van der Waals surface area contributed by atoms with Crippen molar-refractivity contribution in [2.45, 2.75) is 20.3 Å². The molecule has 2 rings (SSSR count). The van der Waals surface area contributed by atoms with E-state index < -0.39 is 10.0 Å². The smallest absolute Gasteiger partial charge is 0.232 e. The highest BCUT2D eigenvalue weighted by Crippen LogP contribution is 2.22. The molecule has 7 heteroatoms. The molecule has 0 spiro atoms. The monoisotopic (exact) mass is 374 g/mol. The lowest BCUT2D eigenvalue weighted by molar-refractivity contribution is -0.116. The number of hydrogen-bond acceptors (Lipinski definition) is 4. The minimum atomic E-state index is -3.51. The molecule has 1 amide bonds. The third kappa shape index (κ3) is 5.16. The molecule has 0 aliphatic carbocycles. The van der Waals surface area contributed by atoms with Gasteiger partial charge in [0.15, 0.2) is 5.78 Å². The molecule has 0 aliphatic heterocycles. The Morgan fingerprint density at radius 3 is 2.19 bits per heavy atom. The van der Waals surface area contributed by atoms with E-state index in [9.17, 15) is 18.0 Å². The molecule has 2 aromatic carbocycles. The fraction of sp³-hybridized carbons (Fsp3) is 0.263. The lowest BCUT2D eigenvalue weighted by atomic mass is 10.1. The van der Waals surface area contributed by atoms with Crippen molar-refractivity contribution in [2.75, 3.05) is 22.4 Å². The highest BCUT2D eigenvalue weighted by atomic mass is 32.2. The second-order valence-electron chi connectivity index (χ2n) is 6.05. The summed E-state index contributed by atoms with van der Waals surface area (Å²) in [4.78, 5) is 23.4. The molecule has 6 nitrogen and oxygen atoms in total. The van der Waals surface area contributed by atoms with Gasteiger partial charge < -0.3 is 5.32 Å². The number of ketones is 1. The molecule has 0 saturated carbocycles. The Bertz CT molecular complexity index is 905. The lowest BCUT2D eigenvalue weighted by Crippen LogP contribution is -2.33. The van der Waals surface area contributed by atoms with Gasteiger partial charge in [-0.05, 0) is 49.7 Å². The number of hydrogen-bond donors (Lipinski definition) is 1. The number of rotatable bonds is 7. The summed E-state index contributed by atoms with van der Waals surface area (Å²) in [5.41, 5.74) is 2.50. The number of carbonyl (C=O) groups is 2. The Labute approximate surface area is 153 Å². The first-order valence-electron chi connectivity index (χ1n) is 8.12. The molecule has 2 aromatic rings. The predicted molar refractivity (Wildman–Crippen MR) is 103 cm³/mol. The van der Waals surface area contributed by atoms with Crippen LogP contribution in [0.25, 0.3) is 0 Å². The quantitative estimate of drug-likeness (QED) is 0.755. The Balaban J connectivity index is 2.05. The highest BCUT2D eigenvalue weighted by Gasteiger charge is 2.20. The van der Waals surface area contributed by atoms with E-state index in [1.165, 1.54) is 11.2 Å². The highest BCUT2D eigenvalue weighted by molar-refractivity contribution is 7.92. The van der Waals surface area contributed by atoms with Crippen LogP contribution in [0.5, 0.6) is 0 Å². The van der Waals surface area contributed by atoms with Crippen LogP contribution >= 0.6 is 0 Å². The van der Waals surface area contributed by atoms with Crippen molar-refractivity contribution in [3.8, 4) is 0 Å². The molecule has 138 valence electrons. The van der Waals surface area contributed by atoms with E-state index in [4.69, 9.17) is 0 Å². The summed E-state index contributed by atoms with van der Waals surface area (Å²) in [6.07, 6.45) is 1.13. The molecule has 0 fully saturated rings. The number of amides is 1. The van der Waals surface area contributed by atoms with Crippen LogP contribution in [0.15, 0.2) is 48.5 Å². The largest absolute Gasteiger partial charge is 0.326 e. The first kappa shape index (κ1) is 19.7. The summed E-state index contributed by atoms with van der Waals surface area (Å²) < 4.78 is 25.5. The van der Waals surface area contributed by atoms with Gasteiger partial charge in [-0.25, -0.2) is 8.42 Å². The van der Waals surface area contributed by atoms with E-state index in [-0.39, 0.29) is 24.7 Å². The summed E-state index contributed by atoms with van der Waals surface area (Å²) >= 11 is 0. The van der Waals surface area contributed by atoms with Crippen molar-refractivity contribution in [1.82, 2.24) is 0 Å². The van der Waals surface area contributed by atoms with Crippen LogP contribution in [-0.4, -0.2) is 32.9 Å². The lowest BCUT2D eigenvalue weighted by Gasteiger charge is -2.23. The summed E-state index contributed by atoms with van der Waals surface area (Å²) in [5, 5.41) is 2.71. The van der Waals surface area contributed by atoms with E-state index in [1.54, 1.807) is 36.4 Å². The zero-order valence-corrected chi connectivity index (χ0v) is 15.8. The van der Waals surface area contributed by atoms with Crippen LogP contribution < -0.4 is 9.62 Å². The molecule has 1 N–H and O–H groups in total. The zero-order valence-electron chi connectivity index (χ0n) is 15.0. The second-order valence-corrected chi connectivity index (χ2v) is 7.96. The molecule has 26 heavy (non-hydrogen) atoms. The number of para-hydroxylation sites is 1. The summed E-state index contributed by atoms with van der Waals surface area (Å²) in [7, 11) is -3.51. The zero-order chi connectivity index (χ0) is 19.3. The number of aryl methyl sites for hydroxylation is 1. The predicted octanol–water partition coefficient (Wildman–Crippen LogP) is 2.99. The first-order chi connectivity index (χ1) is 12.2. The van der Waals surface area contributed by atoms with Crippen molar-refractivity contribution in [1.29, 1.82) is 0 Å². The third-order valence-corrected chi connectivity index (χ3v) is 5.08. The van der Waals surface area contributed by atoms with Gasteiger partial charge in [0.2, 0.25) is 15.9 Å². The summed E-state index contributed by atoms with van der Waals surface area (Å²) in [6.45, 7) is 3.34. The van der Waals surface area contributed by atoms with Gasteiger partial charge in [-0.15, -0.1) is 0 Å². The fourth-order valence-corrected chi connectivity index (χ4v) is 3.51. The van der Waals surface area contributed by atoms with E-state index in [1.807, 2.05) is 19.1 Å². The topological polar surface area (TPSA) is 83.6 Å². The molecular weight excluding hydrogens is 352 g/mol. The molecule has 0 saturated heterocycles. The van der Waals surface area contributed by atoms with E-state index in [0.29, 0.717) is 16.9 Å². The van der Waals surface area contributed by atoms with Crippen LogP contribution in [0.4, 0.5) is 11.4 Å². The average Bonchev–Trinajstić information content (AvgIpc) is 2.56. The molecule has 0 aliphatic rings. The van der Waals surface area contributed by atoms with Gasteiger partial charge >= 0.3 is 0 Å². The maximum absolute atomic E-state index is 12.2. The molecule has 0 unspecified atom stereocenters. The number of anilines is 2. The average molecular weight is 374 g/mol. The standard InChI is InChI=1S/C19H22N2O4S/c1-14-6-4-5-7-18(14)21(26(3,24)25)13-12-19(23)20-17-10-8-16(9-11-17)15(2)22/h4-11H,12-13H2,1-3H3,(H,20,23). The van der Waals surface area contributed by atoms with E-state index in [2.05, 4.69) is 5.32 Å². The summed E-state index contributed by atoms with van der Waals surface area (Å²) in [6, 6.07) is 13.7. The van der Waals surface area contributed by atoms with Gasteiger partial charge in [0.05, 0.1) is 11.9 Å². The number of Topliss-reactive ketones (excluding diaryl/α,β-unsaturated/α-hetero) is 1. The number of nitrogens with one attached hydrogen (secondary N) is 1. The molecule has 0 heterocycles. The normalized spacial score (nSPS) is 11.0. The summed E-state index contributed by atoms with van der Waals surface area (Å²) in [5.74, 6) is -0.354. The first-order valence-corrected chi connectivity index (χ1v) is 9.97. The minimum Gasteiger partial charge on any atom is -0.326 e. The third-order valence-electron chi connectivity index (χ3n) is 3.90. The van der Waals surface area contributed by atoms with Crippen molar-refractivity contribution in [3.05, 3.63) is 59.7 Å². The maximum atomic E-state index is 12.2. The molecule has 0 bridgehead atoms. The van der Waals surface area contributed by atoms with Crippen LogP contribution in [0.1, 0.15) is 29.3 Å². The minimum absolute atomic E-state index is 0.00979. The number of sulfonamides is 1. The Hall–Kier alpha value is -2.67. The van der Waals surface area contributed by atoms with E-state index >= 15 is 0 Å². The number of nitrogens with zero attached hydrogens (tertiary/aromatic N) is 1. The SMILES string of the molecule is CC(=O)c1ccc(NC(=O)CCN(c2ccccc2C)S(C)(=O)=O)cc1. The van der Waals surface area contributed by atoms with Gasteiger partial charge in [0, 0.05) is 24.2 Å². The van der Waals surface area contributed by atoms with Crippen molar-refractivity contribution >= 4 is 33.1 Å². The van der Waals surface area contributed by atoms with Gasteiger partial charge in [-0.1, -0.05) is 18.2 Å². The fourth-order valence-electron chi connectivity index (χ4n) is 2.52. The molecule has 0 aromatic heterocycles. The van der Waals surface area contributed by atoms with Crippen molar-refractivity contribution < 1.29 is 18.0 Å². The van der Waals surface area contributed by atoms with Gasteiger partial charge in [-0.3, -0.25) is 13.9 Å². The van der Waals surface area contributed by atoms with Gasteiger partial charge in [-0.2, -0.15) is 0 Å². The van der Waals surface area contributed by atoms with Crippen molar-refractivity contribution in [3.63, 3.8) is 0 Å². The Kier molecular flexibility index (Phi) is 6.15. The Morgan fingerprint density at radius 1 is 1.04 bits per heavy atom. The number of benzene rings is 2. The van der Waals surface area contributed by atoms with Crippen LogP contribution in [0.3, 0.4) is 0 Å².